The first-order chi connectivity index (χ1) is 11.7. The fraction of sp³-hybridized carbons (Fsp3) is 0.562. The van der Waals surface area contributed by atoms with Gasteiger partial charge in [0.25, 0.3) is 5.91 Å². The number of nitrogens with zero attached hydrogens (tertiary/aromatic N) is 4. The Morgan fingerprint density at radius 1 is 1.46 bits per heavy atom. The molecule has 0 radical (unpaired) electrons. The summed E-state index contributed by atoms with van der Waals surface area (Å²) in [5.74, 6) is -0.0445. The summed E-state index contributed by atoms with van der Waals surface area (Å²) in [6.45, 7) is 2.78. The summed E-state index contributed by atoms with van der Waals surface area (Å²) >= 11 is 0. The zero-order chi connectivity index (χ0) is 16.4. The van der Waals surface area contributed by atoms with Crippen LogP contribution in [0.1, 0.15) is 23.2 Å². The predicted molar refractivity (Wildman–Crippen MR) is 82.3 cm³/mol. The fourth-order valence-corrected chi connectivity index (χ4v) is 3.43. The molecule has 2 unspecified atom stereocenters. The Morgan fingerprint density at radius 2 is 2.42 bits per heavy atom. The van der Waals surface area contributed by atoms with E-state index in [1.165, 1.54) is 18.9 Å². The van der Waals surface area contributed by atoms with Crippen molar-refractivity contribution < 1.29 is 18.7 Å². The molecule has 0 aromatic carbocycles. The number of hydrogen-bond donors (Lipinski definition) is 0. The largest absolute Gasteiger partial charge is 0.472 e. The second-order valence-corrected chi connectivity index (χ2v) is 6.37. The zero-order valence-corrected chi connectivity index (χ0v) is 13.3. The minimum absolute atomic E-state index is 0.0445. The Hall–Kier alpha value is -2.19. The van der Waals surface area contributed by atoms with Crippen LogP contribution in [0.2, 0.25) is 0 Å². The highest BCUT2D eigenvalue weighted by atomic mass is 16.6. The maximum Gasteiger partial charge on any atom is 0.257 e. The molecule has 0 aliphatic carbocycles. The van der Waals surface area contributed by atoms with Gasteiger partial charge in [-0.15, -0.1) is 0 Å². The summed E-state index contributed by atoms with van der Waals surface area (Å²) in [5.41, 5.74) is 0.116. The lowest BCUT2D eigenvalue weighted by Gasteiger charge is -2.31. The van der Waals surface area contributed by atoms with Crippen LogP contribution < -0.4 is 0 Å². The third-order valence-corrected chi connectivity index (χ3v) is 4.60. The van der Waals surface area contributed by atoms with Gasteiger partial charge < -0.3 is 18.8 Å². The average molecular weight is 332 g/mol. The first-order valence-electron chi connectivity index (χ1n) is 8.14. The lowest BCUT2D eigenvalue weighted by molar-refractivity contribution is -0.0881. The Morgan fingerprint density at radius 3 is 3.21 bits per heavy atom. The van der Waals surface area contributed by atoms with Gasteiger partial charge in [0.1, 0.15) is 24.5 Å². The van der Waals surface area contributed by atoms with Gasteiger partial charge in [-0.2, -0.15) is 5.10 Å². The predicted octanol–water partition coefficient (Wildman–Crippen LogP) is 0.962. The van der Waals surface area contributed by atoms with Gasteiger partial charge in [-0.05, 0) is 18.9 Å². The fourth-order valence-electron chi connectivity index (χ4n) is 3.43. The van der Waals surface area contributed by atoms with Gasteiger partial charge in [-0.3, -0.25) is 9.48 Å². The van der Waals surface area contributed by atoms with E-state index >= 15 is 0 Å². The molecule has 2 aromatic heterocycles. The summed E-state index contributed by atoms with van der Waals surface area (Å²) in [4.78, 5) is 18.4. The van der Waals surface area contributed by atoms with E-state index in [-0.39, 0.29) is 12.0 Å². The van der Waals surface area contributed by atoms with E-state index in [9.17, 15) is 4.79 Å². The van der Waals surface area contributed by atoms with Crippen molar-refractivity contribution in [3.8, 4) is 0 Å². The van der Waals surface area contributed by atoms with Crippen LogP contribution in [-0.4, -0.2) is 63.6 Å². The molecule has 128 valence electrons. The van der Waals surface area contributed by atoms with Crippen LogP contribution >= 0.6 is 0 Å². The van der Waals surface area contributed by atoms with Crippen LogP contribution in [0.3, 0.4) is 0 Å². The van der Waals surface area contributed by atoms with E-state index < -0.39 is 5.60 Å². The standard InChI is InChI=1S/C16H20N4O4/c21-15(13-2-5-22-8-13)19-4-6-23-10-16(9-19)3-1-14(24-16)7-20-12-17-11-18-20/h2,5,8,11-12,14H,1,3-4,6-7,9-10H2. The van der Waals surface area contributed by atoms with Crippen molar-refractivity contribution in [1.29, 1.82) is 0 Å². The SMILES string of the molecule is O=C(c1ccoc1)N1CCOCC2(CCC(Cn3cncn3)O2)C1. The number of carbonyl (C=O) groups is 1. The van der Waals surface area contributed by atoms with E-state index in [0.29, 0.717) is 38.4 Å². The monoisotopic (exact) mass is 332 g/mol. The van der Waals surface area contributed by atoms with Crippen molar-refractivity contribution in [3.63, 3.8) is 0 Å². The molecule has 4 heterocycles. The van der Waals surface area contributed by atoms with Crippen LogP contribution in [0, 0.1) is 0 Å². The van der Waals surface area contributed by atoms with E-state index in [2.05, 4.69) is 10.1 Å². The molecule has 2 fully saturated rings. The van der Waals surface area contributed by atoms with Crippen LogP contribution in [-0.2, 0) is 16.0 Å². The van der Waals surface area contributed by atoms with E-state index in [0.717, 1.165) is 12.8 Å². The van der Waals surface area contributed by atoms with Crippen molar-refractivity contribution in [2.45, 2.75) is 31.1 Å². The highest BCUT2D eigenvalue weighted by Crippen LogP contribution is 2.34. The maximum atomic E-state index is 12.6. The second-order valence-electron chi connectivity index (χ2n) is 6.37. The van der Waals surface area contributed by atoms with Crippen LogP contribution in [0.5, 0.6) is 0 Å². The number of hydrogen-bond acceptors (Lipinski definition) is 6. The highest BCUT2D eigenvalue weighted by Gasteiger charge is 2.44. The van der Waals surface area contributed by atoms with Gasteiger partial charge >= 0.3 is 0 Å². The van der Waals surface area contributed by atoms with Crippen LogP contribution in [0.4, 0.5) is 0 Å². The Kier molecular flexibility index (Phi) is 4.07. The molecule has 8 nitrogen and oxygen atoms in total. The lowest BCUT2D eigenvalue weighted by atomic mass is 10.00. The smallest absolute Gasteiger partial charge is 0.257 e. The normalized spacial score (nSPS) is 27.5. The topological polar surface area (TPSA) is 82.6 Å². The number of rotatable bonds is 3. The summed E-state index contributed by atoms with van der Waals surface area (Å²) in [6, 6.07) is 1.68. The van der Waals surface area contributed by atoms with Gasteiger partial charge in [0.15, 0.2) is 0 Å². The Bertz CT molecular complexity index is 672. The molecule has 2 saturated heterocycles. The molecule has 24 heavy (non-hydrogen) atoms. The molecule has 8 heteroatoms. The maximum absolute atomic E-state index is 12.6. The minimum atomic E-state index is -0.443. The number of carbonyl (C=O) groups excluding carboxylic acids is 1. The molecule has 0 bridgehead atoms. The Balaban J connectivity index is 1.45. The zero-order valence-electron chi connectivity index (χ0n) is 13.3. The molecular weight excluding hydrogens is 312 g/mol. The third kappa shape index (κ3) is 3.07. The number of aromatic nitrogens is 3. The van der Waals surface area contributed by atoms with Crippen molar-refractivity contribution in [1.82, 2.24) is 19.7 Å². The van der Waals surface area contributed by atoms with Gasteiger partial charge in [0.05, 0.1) is 44.2 Å². The van der Waals surface area contributed by atoms with E-state index in [1.807, 2.05) is 0 Å². The van der Waals surface area contributed by atoms with Crippen LogP contribution in [0.15, 0.2) is 35.7 Å². The molecule has 1 spiro atoms. The van der Waals surface area contributed by atoms with Crippen molar-refractivity contribution >= 4 is 5.91 Å². The van der Waals surface area contributed by atoms with E-state index in [4.69, 9.17) is 13.9 Å². The molecule has 4 rings (SSSR count). The summed E-state index contributed by atoms with van der Waals surface area (Å²) in [6.07, 6.45) is 8.02. The molecule has 0 saturated carbocycles. The molecule has 1 amide bonds. The number of ether oxygens (including phenoxy) is 2. The summed E-state index contributed by atoms with van der Waals surface area (Å²) < 4.78 is 18.8. The van der Waals surface area contributed by atoms with Crippen LogP contribution in [0.25, 0.3) is 0 Å². The number of amides is 1. The summed E-state index contributed by atoms with van der Waals surface area (Å²) in [7, 11) is 0. The molecule has 2 aliphatic rings. The van der Waals surface area contributed by atoms with E-state index in [1.54, 1.807) is 22.0 Å². The molecule has 2 aliphatic heterocycles. The van der Waals surface area contributed by atoms with Gasteiger partial charge in [-0.25, -0.2) is 4.98 Å². The molecule has 0 N–H and O–H groups in total. The van der Waals surface area contributed by atoms with Gasteiger partial charge in [-0.1, -0.05) is 0 Å². The first kappa shape index (κ1) is 15.3. The minimum Gasteiger partial charge on any atom is -0.472 e. The first-order valence-corrected chi connectivity index (χ1v) is 8.14. The molecular formula is C16H20N4O4. The third-order valence-electron chi connectivity index (χ3n) is 4.60. The highest BCUT2D eigenvalue weighted by molar-refractivity contribution is 5.93. The average Bonchev–Trinajstić information content (AvgIpc) is 3.30. The lowest BCUT2D eigenvalue weighted by Crippen LogP contribution is -2.46. The second kappa shape index (κ2) is 6.37. The molecule has 2 aromatic rings. The van der Waals surface area contributed by atoms with Crippen molar-refractivity contribution in [2.24, 2.45) is 0 Å². The quantitative estimate of drug-likeness (QED) is 0.833. The van der Waals surface area contributed by atoms with Gasteiger partial charge in [0, 0.05) is 6.54 Å². The van der Waals surface area contributed by atoms with Gasteiger partial charge in [0.2, 0.25) is 0 Å². The van der Waals surface area contributed by atoms with Crippen molar-refractivity contribution in [3.05, 3.63) is 36.8 Å². The Labute approximate surface area is 139 Å². The summed E-state index contributed by atoms with van der Waals surface area (Å²) in [5, 5.41) is 4.13. The number of furan rings is 1. The van der Waals surface area contributed by atoms with Crippen molar-refractivity contribution in [2.75, 3.05) is 26.3 Å². The molecule has 2 atom stereocenters.